The lowest BCUT2D eigenvalue weighted by Gasteiger charge is -2.32. The summed E-state index contributed by atoms with van der Waals surface area (Å²) in [4.78, 5) is 0. The van der Waals surface area contributed by atoms with Crippen molar-refractivity contribution in [1.82, 2.24) is 10.0 Å². The number of hydrogen-bond donors (Lipinski definition) is 2. The fourth-order valence-corrected chi connectivity index (χ4v) is 3.43. The number of nitrogens with one attached hydrogen (secondary N) is 2. The molecule has 0 aliphatic carbocycles. The maximum Gasteiger partial charge on any atom is 0.215 e. The number of rotatable bonds is 9. The second-order valence-electron chi connectivity index (χ2n) is 5.36. The van der Waals surface area contributed by atoms with E-state index >= 15 is 0 Å². The number of hydrogen-bond acceptors (Lipinski definition) is 3. The largest absolute Gasteiger partial charge is 0.313 e. The first-order valence-electron chi connectivity index (χ1n) is 6.99. The normalized spacial score (nSPS) is 15.1. The van der Waals surface area contributed by atoms with Crippen LogP contribution in [0.1, 0.15) is 60.8 Å². The van der Waals surface area contributed by atoms with E-state index in [2.05, 4.69) is 10.0 Å². The van der Waals surface area contributed by atoms with E-state index in [0.717, 1.165) is 19.3 Å². The van der Waals surface area contributed by atoms with E-state index in [9.17, 15) is 8.42 Å². The predicted octanol–water partition coefficient (Wildman–Crippen LogP) is 2.26. The molecule has 0 saturated heterocycles. The Balaban J connectivity index is 4.72. The Kier molecular flexibility index (Phi) is 7.40. The minimum atomic E-state index is -3.26. The van der Waals surface area contributed by atoms with Crippen LogP contribution in [0.4, 0.5) is 0 Å². The summed E-state index contributed by atoms with van der Waals surface area (Å²) in [5.74, 6) is 0. The molecule has 0 saturated carbocycles. The standard InChI is InChI=1S/C13H30N2O2S/c1-7-13(8-2,9-3)15-18(16,17)12(6)10-14-11(4)5/h11-12,14-15H,7-10H2,1-6H3. The highest BCUT2D eigenvalue weighted by Gasteiger charge is 2.32. The summed E-state index contributed by atoms with van der Waals surface area (Å²) >= 11 is 0. The minimum absolute atomic E-state index is 0.287. The van der Waals surface area contributed by atoms with Crippen molar-refractivity contribution in [2.24, 2.45) is 0 Å². The van der Waals surface area contributed by atoms with Crippen LogP contribution in [0.2, 0.25) is 0 Å². The molecule has 0 rings (SSSR count). The molecule has 0 aromatic rings. The molecule has 0 fully saturated rings. The third-order valence-electron chi connectivity index (χ3n) is 3.73. The SMILES string of the molecule is CCC(CC)(CC)NS(=O)(=O)C(C)CNC(C)C. The van der Waals surface area contributed by atoms with Gasteiger partial charge in [-0.3, -0.25) is 0 Å². The number of sulfonamides is 1. The third-order valence-corrected chi connectivity index (χ3v) is 5.68. The van der Waals surface area contributed by atoms with Gasteiger partial charge in [-0.2, -0.15) is 0 Å². The van der Waals surface area contributed by atoms with Crippen LogP contribution in [-0.2, 0) is 10.0 Å². The molecule has 5 heteroatoms. The molecule has 0 aromatic heterocycles. The molecule has 0 heterocycles. The van der Waals surface area contributed by atoms with Gasteiger partial charge in [0, 0.05) is 18.1 Å². The lowest BCUT2D eigenvalue weighted by molar-refractivity contribution is 0.339. The van der Waals surface area contributed by atoms with Gasteiger partial charge in [-0.05, 0) is 26.2 Å². The van der Waals surface area contributed by atoms with Gasteiger partial charge in [0.25, 0.3) is 0 Å². The van der Waals surface area contributed by atoms with Crippen LogP contribution >= 0.6 is 0 Å². The molecule has 2 N–H and O–H groups in total. The van der Waals surface area contributed by atoms with Gasteiger partial charge in [0.05, 0.1) is 5.25 Å². The van der Waals surface area contributed by atoms with Gasteiger partial charge in [0.1, 0.15) is 0 Å². The van der Waals surface area contributed by atoms with E-state index in [-0.39, 0.29) is 5.54 Å². The Morgan fingerprint density at radius 1 is 1.00 bits per heavy atom. The molecule has 1 unspecified atom stereocenters. The van der Waals surface area contributed by atoms with Crippen molar-refractivity contribution in [3.63, 3.8) is 0 Å². The first-order chi connectivity index (χ1) is 8.23. The van der Waals surface area contributed by atoms with Crippen molar-refractivity contribution < 1.29 is 8.42 Å². The van der Waals surface area contributed by atoms with Crippen molar-refractivity contribution >= 4 is 10.0 Å². The smallest absolute Gasteiger partial charge is 0.215 e. The van der Waals surface area contributed by atoms with E-state index < -0.39 is 15.3 Å². The average molecular weight is 278 g/mol. The fourth-order valence-electron chi connectivity index (χ4n) is 1.88. The zero-order chi connectivity index (χ0) is 14.4. The van der Waals surface area contributed by atoms with Gasteiger partial charge >= 0.3 is 0 Å². The topological polar surface area (TPSA) is 58.2 Å². The van der Waals surface area contributed by atoms with Crippen molar-refractivity contribution in [2.75, 3.05) is 6.54 Å². The van der Waals surface area contributed by atoms with Crippen molar-refractivity contribution in [2.45, 2.75) is 77.6 Å². The monoisotopic (exact) mass is 278 g/mol. The maximum absolute atomic E-state index is 12.3. The van der Waals surface area contributed by atoms with Crippen LogP contribution in [0, 0.1) is 0 Å². The van der Waals surface area contributed by atoms with Gasteiger partial charge in [0.2, 0.25) is 10.0 Å². The molecular formula is C13H30N2O2S. The molecule has 0 bridgehead atoms. The van der Waals surface area contributed by atoms with Crippen molar-refractivity contribution in [3.05, 3.63) is 0 Å². The van der Waals surface area contributed by atoms with E-state index in [1.807, 2.05) is 34.6 Å². The average Bonchev–Trinajstić information content (AvgIpc) is 2.33. The molecule has 4 nitrogen and oxygen atoms in total. The van der Waals surface area contributed by atoms with Gasteiger partial charge in [-0.15, -0.1) is 0 Å². The lowest BCUT2D eigenvalue weighted by Crippen LogP contribution is -2.51. The highest BCUT2D eigenvalue weighted by atomic mass is 32.2. The summed E-state index contributed by atoms with van der Waals surface area (Å²) in [5, 5.41) is 2.76. The zero-order valence-electron chi connectivity index (χ0n) is 12.7. The Morgan fingerprint density at radius 3 is 1.78 bits per heavy atom. The Labute approximate surface area is 113 Å². The fraction of sp³-hybridized carbons (Fsp3) is 1.00. The third kappa shape index (κ3) is 5.24. The van der Waals surface area contributed by atoms with Gasteiger partial charge in [0.15, 0.2) is 0 Å². The Morgan fingerprint density at radius 2 is 1.44 bits per heavy atom. The minimum Gasteiger partial charge on any atom is -0.313 e. The van der Waals surface area contributed by atoms with E-state index in [1.54, 1.807) is 6.92 Å². The van der Waals surface area contributed by atoms with E-state index in [0.29, 0.717) is 12.6 Å². The molecule has 1 atom stereocenters. The van der Waals surface area contributed by atoms with Crippen LogP contribution in [-0.4, -0.2) is 31.8 Å². The van der Waals surface area contributed by atoms with Gasteiger partial charge in [-0.25, -0.2) is 13.1 Å². The van der Waals surface area contributed by atoms with Crippen LogP contribution in [0.25, 0.3) is 0 Å². The predicted molar refractivity (Wildman–Crippen MR) is 78.3 cm³/mol. The highest BCUT2D eigenvalue weighted by Crippen LogP contribution is 2.21. The summed E-state index contributed by atoms with van der Waals surface area (Å²) in [5.41, 5.74) is -0.287. The molecule has 110 valence electrons. The second kappa shape index (κ2) is 7.46. The summed E-state index contributed by atoms with van der Waals surface area (Å²) in [7, 11) is -3.26. The molecule has 0 aromatic carbocycles. The summed E-state index contributed by atoms with van der Waals surface area (Å²) in [6, 6.07) is 0.302. The molecule has 0 amide bonds. The molecule has 0 aliphatic heterocycles. The molecule has 0 aliphatic rings. The van der Waals surface area contributed by atoms with Gasteiger partial charge < -0.3 is 5.32 Å². The van der Waals surface area contributed by atoms with Crippen molar-refractivity contribution in [3.8, 4) is 0 Å². The van der Waals surface area contributed by atoms with Crippen LogP contribution in [0.15, 0.2) is 0 Å². The maximum atomic E-state index is 12.3. The summed E-state index contributed by atoms with van der Waals surface area (Å²) in [6.45, 7) is 12.4. The van der Waals surface area contributed by atoms with Crippen LogP contribution in [0.5, 0.6) is 0 Å². The molecule has 0 radical (unpaired) electrons. The Bertz CT molecular complexity index is 314. The molecule has 0 spiro atoms. The highest BCUT2D eigenvalue weighted by molar-refractivity contribution is 7.90. The Hall–Kier alpha value is -0.130. The first kappa shape index (κ1) is 17.9. The summed E-state index contributed by atoms with van der Waals surface area (Å²) in [6.07, 6.45) is 2.47. The quantitative estimate of drug-likeness (QED) is 0.680. The van der Waals surface area contributed by atoms with E-state index in [4.69, 9.17) is 0 Å². The van der Waals surface area contributed by atoms with Crippen LogP contribution < -0.4 is 10.0 Å². The second-order valence-corrected chi connectivity index (χ2v) is 7.46. The van der Waals surface area contributed by atoms with E-state index in [1.165, 1.54) is 0 Å². The molecular weight excluding hydrogens is 248 g/mol. The lowest BCUT2D eigenvalue weighted by atomic mass is 9.91. The zero-order valence-corrected chi connectivity index (χ0v) is 13.5. The van der Waals surface area contributed by atoms with Crippen LogP contribution in [0.3, 0.4) is 0 Å². The molecule has 18 heavy (non-hydrogen) atoms. The summed E-state index contributed by atoms with van der Waals surface area (Å²) < 4.78 is 27.5. The van der Waals surface area contributed by atoms with Gasteiger partial charge in [-0.1, -0.05) is 34.6 Å². The first-order valence-corrected chi connectivity index (χ1v) is 8.53. The van der Waals surface area contributed by atoms with Crippen molar-refractivity contribution in [1.29, 1.82) is 0 Å².